The summed E-state index contributed by atoms with van der Waals surface area (Å²) in [6.07, 6.45) is -4.84. The Balaban J connectivity index is 2.10. The average Bonchev–Trinajstić information content (AvgIpc) is 3.11. The van der Waals surface area contributed by atoms with Crippen molar-refractivity contribution < 1.29 is 27.9 Å². The van der Waals surface area contributed by atoms with Gasteiger partial charge in [-0.3, -0.25) is 0 Å². The van der Waals surface area contributed by atoms with Crippen molar-refractivity contribution >= 4 is 33.6 Å². The summed E-state index contributed by atoms with van der Waals surface area (Å²) in [6.45, 7) is 0. The SMILES string of the molecule is O=C(Nc1cc(C(=O)O)ccc1Br)NC1(C(F)(F)F)CC1. The van der Waals surface area contributed by atoms with Gasteiger partial charge >= 0.3 is 18.2 Å². The molecule has 1 aromatic carbocycles. The molecule has 0 heterocycles. The van der Waals surface area contributed by atoms with Crippen molar-refractivity contribution in [2.45, 2.75) is 24.6 Å². The number of hydrogen-bond donors (Lipinski definition) is 3. The van der Waals surface area contributed by atoms with Gasteiger partial charge in [0.1, 0.15) is 5.54 Å². The van der Waals surface area contributed by atoms with Crippen LogP contribution in [0.4, 0.5) is 23.7 Å². The number of anilines is 1. The number of carboxylic acid groups (broad SMARTS) is 1. The Labute approximate surface area is 125 Å². The molecule has 114 valence electrons. The summed E-state index contributed by atoms with van der Waals surface area (Å²) in [7, 11) is 0. The highest BCUT2D eigenvalue weighted by Crippen LogP contribution is 2.48. The number of halogens is 4. The zero-order valence-corrected chi connectivity index (χ0v) is 12.0. The lowest BCUT2D eigenvalue weighted by atomic mass is 10.2. The van der Waals surface area contributed by atoms with Crippen molar-refractivity contribution in [3.8, 4) is 0 Å². The molecule has 2 rings (SSSR count). The molecule has 1 saturated carbocycles. The first-order valence-electron chi connectivity index (χ1n) is 5.83. The van der Waals surface area contributed by atoms with Crippen LogP contribution >= 0.6 is 15.9 Å². The molecule has 5 nitrogen and oxygen atoms in total. The third-order valence-corrected chi connectivity index (χ3v) is 3.80. The Bertz CT molecular complexity index is 600. The van der Waals surface area contributed by atoms with Crippen LogP contribution < -0.4 is 10.6 Å². The van der Waals surface area contributed by atoms with Crippen LogP contribution in [0.15, 0.2) is 22.7 Å². The van der Waals surface area contributed by atoms with Crippen molar-refractivity contribution in [2.75, 3.05) is 5.32 Å². The van der Waals surface area contributed by atoms with Gasteiger partial charge < -0.3 is 15.7 Å². The molecule has 1 aliphatic rings. The van der Waals surface area contributed by atoms with E-state index >= 15 is 0 Å². The molecule has 1 aromatic rings. The number of carbonyl (C=O) groups excluding carboxylic acids is 1. The number of urea groups is 1. The Morgan fingerprint density at radius 2 is 1.90 bits per heavy atom. The van der Waals surface area contributed by atoms with E-state index < -0.39 is 23.7 Å². The van der Waals surface area contributed by atoms with Crippen LogP contribution in [0.5, 0.6) is 0 Å². The van der Waals surface area contributed by atoms with Gasteiger partial charge in [0.15, 0.2) is 0 Å². The number of carbonyl (C=O) groups is 2. The van der Waals surface area contributed by atoms with Crippen LogP contribution in [0.3, 0.4) is 0 Å². The molecule has 2 amide bonds. The fourth-order valence-electron chi connectivity index (χ4n) is 1.73. The van der Waals surface area contributed by atoms with E-state index in [2.05, 4.69) is 21.2 Å². The average molecular weight is 367 g/mol. The first kappa shape index (κ1) is 15.6. The summed E-state index contributed by atoms with van der Waals surface area (Å²) in [5.74, 6) is -1.21. The normalized spacial score (nSPS) is 16.2. The number of benzene rings is 1. The summed E-state index contributed by atoms with van der Waals surface area (Å²) in [6, 6.07) is 2.80. The lowest BCUT2D eigenvalue weighted by molar-refractivity contribution is -0.162. The minimum Gasteiger partial charge on any atom is -0.478 e. The lowest BCUT2D eigenvalue weighted by Gasteiger charge is -2.21. The molecule has 21 heavy (non-hydrogen) atoms. The van der Waals surface area contributed by atoms with Gasteiger partial charge in [0, 0.05) is 4.47 Å². The summed E-state index contributed by atoms with van der Waals surface area (Å²) in [5.41, 5.74) is -2.19. The maximum atomic E-state index is 12.7. The highest BCUT2D eigenvalue weighted by atomic mass is 79.9. The quantitative estimate of drug-likeness (QED) is 0.767. The predicted octanol–water partition coefficient (Wildman–Crippen LogP) is 3.36. The van der Waals surface area contributed by atoms with Crippen LogP contribution in [-0.2, 0) is 0 Å². The van der Waals surface area contributed by atoms with Crippen molar-refractivity contribution in [1.29, 1.82) is 0 Å². The van der Waals surface area contributed by atoms with E-state index in [0.29, 0.717) is 4.47 Å². The van der Waals surface area contributed by atoms with E-state index in [1.807, 2.05) is 5.32 Å². The molecular formula is C12H10BrF3N2O3. The van der Waals surface area contributed by atoms with Gasteiger partial charge in [-0.15, -0.1) is 0 Å². The largest absolute Gasteiger partial charge is 0.478 e. The van der Waals surface area contributed by atoms with Gasteiger partial charge in [0.05, 0.1) is 11.3 Å². The van der Waals surface area contributed by atoms with E-state index in [1.54, 1.807) is 0 Å². The van der Waals surface area contributed by atoms with Gasteiger partial charge in [-0.05, 0) is 47.0 Å². The third kappa shape index (κ3) is 3.29. The second-order valence-corrected chi connectivity index (χ2v) is 5.51. The molecule has 9 heteroatoms. The summed E-state index contributed by atoms with van der Waals surface area (Å²) in [4.78, 5) is 22.5. The van der Waals surface area contributed by atoms with Gasteiger partial charge in [-0.1, -0.05) is 0 Å². The standard InChI is InChI=1S/C12H10BrF3N2O3/c13-7-2-1-6(9(19)20)5-8(7)17-10(21)18-11(3-4-11)12(14,15)16/h1-2,5H,3-4H2,(H,19,20)(H2,17,18,21). The number of nitrogens with one attached hydrogen (secondary N) is 2. The Kier molecular flexibility index (Phi) is 3.87. The molecule has 0 unspecified atom stereocenters. The van der Waals surface area contributed by atoms with Gasteiger partial charge in [0.2, 0.25) is 0 Å². The van der Waals surface area contributed by atoms with Crippen LogP contribution in [0.25, 0.3) is 0 Å². The number of carboxylic acids is 1. The highest BCUT2D eigenvalue weighted by Gasteiger charge is 2.64. The number of hydrogen-bond acceptors (Lipinski definition) is 2. The molecule has 0 spiro atoms. The second kappa shape index (κ2) is 5.21. The Morgan fingerprint density at radius 3 is 2.38 bits per heavy atom. The summed E-state index contributed by atoms with van der Waals surface area (Å²) >= 11 is 3.09. The molecule has 0 bridgehead atoms. The fourth-order valence-corrected chi connectivity index (χ4v) is 2.08. The zero-order valence-electron chi connectivity index (χ0n) is 10.4. The first-order chi connectivity index (χ1) is 9.64. The Hall–Kier alpha value is -1.77. The number of aromatic carboxylic acids is 1. The molecule has 0 aliphatic heterocycles. The minimum absolute atomic E-state index is 0.0744. The third-order valence-electron chi connectivity index (χ3n) is 3.11. The zero-order chi connectivity index (χ0) is 15.8. The van der Waals surface area contributed by atoms with Crippen LogP contribution in [0, 0.1) is 0 Å². The molecule has 3 N–H and O–H groups in total. The van der Waals surface area contributed by atoms with Crippen LogP contribution in [-0.4, -0.2) is 28.8 Å². The summed E-state index contributed by atoms with van der Waals surface area (Å²) in [5, 5.41) is 12.9. The van der Waals surface area contributed by atoms with Crippen molar-refractivity contribution in [3.63, 3.8) is 0 Å². The smallest absolute Gasteiger partial charge is 0.411 e. The molecule has 0 radical (unpaired) electrons. The fraction of sp³-hybridized carbons (Fsp3) is 0.333. The monoisotopic (exact) mass is 366 g/mol. The van der Waals surface area contributed by atoms with E-state index in [1.165, 1.54) is 12.1 Å². The van der Waals surface area contributed by atoms with Gasteiger partial charge in [-0.2, -0.15) is 13.2 Å². The number of alkyl halides is 3. The second-order valence-electron chi connectivity index (χ2n) is 4.66. The van der Waals surface area contributed by atoms with E-state index in [9.17, 15) is 22.8 Å². The molecular weight excluding hydrogens is 357 g/mol. The van der Waals surface area contributed by atoms with Crippen LogP contribution in [0.2, 0.25) is 0 Å². The molecule has 0 saturated heterocycles. The maximum absolute atomic E-state index is 12.7. The van der Waals surface area contributed by atoms with E-state index in [4.69, 9.17) is 5.11 Å². The number of rotatable bonds is 3. The molecule has 1 aliphatic carbocycles. The number of amides is 2. The minimum atomic E-state index is -4.51. The molecule has 1 fully saturated rings. The summed E-state index contributed by atoms with van der Waals surface area (Å²) < 4.78 is 38.5. The molecule has 0 atom stereocenters. The van der Waals surface area contributed by atoms with Gasteiger partial charge in [-0.25, -0.2) is 9.59 Å². The molecule has 0 aromatic heterocycles. The van der Waals surface area contributed by atoms with Gasteiger partial charge in [0.25, 0.3) is 0 Å². The highest BCUT2D eigenvalue weighted by molar-refractivity contribution is 9.10. The first-order valence-corrected chi connectivity index (χ1v) is 6.63. The van der Waals surface area contributed by atoms with Crippen molar-refractivity contribution in [2.24, 2.45) is 0 Å². The topological polar surface area (TPSA) is 78.4 Å². The maximum Gasteiger partial charge on any atom is 0.411 e. The van der Waals surface area contributed by atoms with Crippen molar-refractivity contribution in [1.82, 2.24) is 5.32 Å². The van der Waals surface area contributed by atoms with Crippen LogP contribution in [0.1, 0.15) is 23.2 Å². The van der Waals surface area contributed by atoms with E-state index in [-0.39, 0.29) is 24.1 Å². The van der Waals surface area contributed by atoms with E-state index in [0.717, 1.165) is 6.07 Å². The van der Waals surface area contributed by atoms with Crippen molar-refractivity contribution in [3.05, 3.63) is 28.2 Å². The lowest BCUT2D eigenvalue weighted by Crippen LogP contribution is -2.49. The Morgan fingerprint density at radius 1 is 1.29 bits per heavy atom. The predicted molar refractivity (Wildman–Crippen MR) is 71.3 cm³/mol.